The minimum atomic E-state index is 0.358. The molecular weight excluding hydrogens is 384 g/mol. The molecule has 1 atom stereocenters. The summed E-state index contributed by atoms with van der Waals surface area (Å²) in [6, 6.07) is 0. The number of carbonyl (C=O) groups excluding carboxylic acids is 1. The highest BCUT2D eigenvalue weighted by molar-refractivity contribution is 9.09. The number of rotatable bonds is 20. The standard InChI is InChI=1S/C24H45BrO/c1-2-3-4-9-12-15-22(20-23-18-19-23)16-13-10-7-5-6-8-11-14-17-24(26)21-25/h22-23H,2-21H2,1H3. The number of ketones is 1. The molecule has 0 bridgehead atoms. The second-order valence-electron chi connectivity index (χ2n) is 8.79. The highest BCUT2D eigenvalue weighted by Crippen LogP contribution is 2.38. The molecule has 0 saturated heterocycles. The summed E-state index contributed by atoms with van der Waals surface area (Å²) in [4.78, 5) is 11.2. The van der Waals surface area contributed by atoms with Crippen LogP contribution in [0.25, 0.3) is 0 Å². The van der Waals surface area contributed by atoms with Crippen molar-refractivity contribution in [3.05, 3.63) is 0 Å². The molecule has 0 aromatic carbocycles. The fourth-order valence-corrected chi connectivity index (χ4v) is 4.40. The van der Waals surface area contributed by atoms with Crippen LogP contribution < -0.4 is 0 Å². The summed E-state index contributed by atoms with van der Waals surface area (Å²) >= 11 is 3.23. The van der Waals surface area contributed by atoms with Crippen LogP contribution in [-0.4, -0.2) is 11.1 Å². The van der Waals surface area contributed by atoms with Gasteiger partial charge in [0.25, 0.3) is 0 Å². The number of hydrogen-bond donors (Lipinski definition) is 0. The van der Waals surface area contributed by atoms with E-state index in [4.69, 9.17) is 0 Å². The minimum Gasteiger partial charge on any atom is -0.299 e. The third-order valence-corrected chi connectivity index (χ3v) is 6.67. The van der Waals surface area contributed by atoms with Crippen molar-refractivity contribution in [3.63, 3.8) is 0 Å². The van der Waals surface area contributed by atoms with E-state index in [1.54, 1.807) is 6.42 Å². The SMILES string of the molecule is CCCCCCCC(CCCCCCCCCCC(=O)CBr)CC1CC1. The number of halogens is 1. The molecule has 2 heteroatoms. The van der Waals surface area contributed by atoms with Gasteiger partial charge in [-0.3, -0.25) is 4.79 Å². The molecule has 26 heavy (non-hydrogen) atoms. The van der Waals surface area contributed by atoms with Gasteiger partial charge in [-0.2, -0.15) is 0 Å². The molecular formula is C24H45BrO. The predicted octanol–water partition coefficient (Wildman–Crippen LogP) is 8.63. The van der Waals surface area contributed by atoms with Gasteiger partial charge in [-0.05, 0) is 24.7 Å². The molecule has 0 amide bonds. The molecule has 0 aromatic rings. The van der Waals surface area contributed by atoms with Gasteiger partial charge in [0.2, 0.25) is 0 Å². The fourth-order valence-electron chi connectivity index (χ4n) is 4.12. The zero-order valence-corrected chi connectivity index (χ0v) is 19.2. The first kappa shape index (κ1) is 24.2. The van der Waals surface area contributed by atoms with Gasteiger partial charge >= 0.3 is 0 Å². The number of hydrogen-bond acceptors (Lipinski definition) is 1. The lowest BCUT2D eigenvalue weighted by Crippen LogP contribution is -2.02. The topological polar surface area (TPSA) is 17.1 Å². The Bertz CT molecular complexity index is 324. The van der Waals surface area contributed by atoms with Crippen molar-refractivity contribution in [2.75, 3.05) is 5.33 Å². The van der Waals surface area contributed by atoms with Crippen LogP contribution in [0.5, 0.6) is 0 Å². The van der Waals surface area contributed by atoms with Crippen LogP contribution in [0.4, 0.5) is 0 Å². The summed E-state index contributed by atoms with van der Waals surface area (Å²) in [5, 5.41) is 0.535. The van der Waals surface area contributed by atoms with Gasteiger partial charge in [-0.1, -0.05) is 126 Å². The van der Waals surface area contributed by atoms with E-state index in [0.29, 0.717) is 11.1 Å². The summed E-state index contributed by atoms with van der Waals surface area (Å²) < 4.78 is 0. The average Bonchev–Trinajstić information content (AvgIpc) is 3.46. The van der Waals surface area contributed by atoms with Gasteiger partial charge in [-0.15, -0.1) is 0 Å². The van der Waals surface area contributed by atoms with Crippen LogP contribution in [0.2, 0.25) is 0 Å². The molecule has 1 aliphatic carbocycles. The Balaban J connectivity index is 1.91. The molecule has 154 valence electrons. The molecule has 0 radical (unpaired) electrons. The Morgan fingerprint density at radius 2 is 1.31 bits per heavy atom. The predicted molar refractivity (Wildman–Crippen MR) is 119 cm³/mol. The Morgan fingerprint density at radius 1 is 0.808 bits per heavy atom. The molecule has 0 spiro atoms. The van der Waals surface area contributed by atoms with Crippen molar-refractivity contribution in [2.45, 2.75) is 129 Å². The molecule has 1 unspecified atom stereocenters. The Kier molecular flexibility index (Phi) is 16.1. The van der Waals surface area contributed by atoms with E-state index < -0.39 is 0 Å². The zero-order chi connectivity index (χ0) is 18.9. The van der Waals surface area contributed by atoms with Gasteiger partial charge in [0.15, 0.2) is 0 Å². The molecule has 1 nitrogen and oxygen atoms in total. The van der Waals surface area contributed by atoms with Crippen LogP contribution in [0.1, 0.15) is 129 Å². The van der Waals surface area contributed by atoms with E-state index in [1.165, 1.54) is 103 Å². The van der Waals surface area contributed by atoms with Gasteiger partial charge < -0.3 is 0 Å². The van der Waals surface area contributed by atoms with Crippen molar-refractivity contribution in [2.24, 2.45) is 11.8 Å². The van der Waals surface area contributed by atoms with Crippen LogP contribution in [-0.2, 0) is 4.79 Å². The molecule has 0 N–H and O–H groups in total. The third-order valence-electron chi connectivity index (χ3n) is 6.05. The zero-order valence-electron chi connectivity index (χ0n) is 17.6. The summed E-state index contributed by atoms with van der Waals surface area (Å²) in [5.41, 5.74) is 0. The van der Waals surface area contributed by atoms with Gasteiger partial charge in [0.1, 0.15) is 5.78 Å². The van der Waals surface area contributed by atoms with Crippen LogP contribution >= 0.6 is 15.9 Å². The second kappa shape index (κ2) is 17.3. The molecule has 0 heterocycles. The Morgan fingerprint density at radius 3 is 1.81 bits per heavy atom. The maximum atomic E-state index is 11.2. The first-order chi connectivity index (χ1) is 12.8. The van der Waals surface area contributed by atoms with E-state index in [-0.39, 0.29) is 0 Å². The van der Waals surface area contributed by atoms with Crippen molar-refractivity contribution in [3.8, 4) is 0 Å². The van der Waals surface area contributed by atoms with E-state index in [1.807, 2.05) is 0 Å². The van der Waals surface area contributed by atoms with Crippen LogP contribution in [0.3, 0.4) is 0 Å². The molecule has 1 fully saturated rings. The summed E-state index contributed by atoms with van der Waals surface area (Å²) in [7, 11) is 0. The quantitative estimate of drug-likeness (QED) is 0.140. The monoisotopic (exact) mass is 428 g/mol. The van der Waals surface area contributed by atoms with Crippen LogP contribution in [0, 0.1) is 11.8 Å². The van der Waals surface area contributed by atoms with E-state index in [2.05, 4.69) is 22.9 Å². The number of alkyl halides is 1. The number of unbranched alkanes of at least 4 members (excludes halogenated alkanes) is 11. The largest absolute Gasteiger partial charge is 0.299 e. The minimum absolute atomic E-state index is 0.358. The highest BCUT2D eigenvalue weighted by atomic mass is 79.9. The first-order valence-corrected chi connectivity index (χ1v) is 13.0. The highest BCUT2D eigenvalue weighted by Gasteiger charge is 2.24. The molecule has 1 rings (SSSR count). The normalized spacial score (nSPS) is 15.3. The maximum absolute atomic E-state index is 11.2. The Labute approximate surface area is 172 Å². The number of carbonyl (C=O) groups is 1. The lowest BCUT2D eigenvalue weighted by Gasteiger charge is -2.16. The summed E-state index contributed by atoms with van der Waals surface area (Å²) in [6.45, 7) is 2.31. The van der Waals surface area contributed by atoms with Crippen molar-refractivity contribution in [1.82, 2.24) is 0 Å². The van der Waals surface area contributed by atoms with E-state index >= 15 is 0 Å². The molecule has 0 aliphatic heterocycles. The average molecular weight is 430 g/mol. The van der Waals surface area contributed by atoms with Gasteiger partial charge in [0.05, 0.1) is 5.33 Å². The van der Waals surface area contributed by atoms with E-state index in [9.17, 15) is 4.79 Å². The van der Waals surface area contributed by atoms with Crippen LogP contribution in [0.15, 0.2) is 0 Å². The lowest BCUT2D eigenvalue weighted by molar-refractivity contribution is -0.116. The molecule has 1 aliphatic rings. The number of Topliss-reactive ketones (excluding diaryl/α,β-unsaturated/α-hetero) is 1. The third kappa shape index (κ3) is 15.2. The summed E-state index contributed by atoms with van der Waals surface area (Å²) in [5.74, 6) is 2.50. The fraction of sp³-hybridized carbons (Fsp3) is 0.958. The maximum Gasteiger partial charge on any atom is 0.143 e. The van der Waals surface area contributed by atoms with Crippen molar-refractivity contribution >= 4 is 21.7 Å². The van der Waals surface area contributed by atoms with Crippen molar-refractivity contribution in [1.29, 1.82) is 0 Å². The second-order valence-corrected chi connectivity index (χ2v) is 9.35. The van der Waals surface area contributed by atoms with E-state index in [0.717, 1.165) is 24.7 Å². The summed E-state index contributed by atoms with van der Waals surface area (Å²) in [6.07, 6.45) is 26.3. The smallest absolute Gasteiger partial charge is 0.143 e. The van der Waals surface area contributed by atoms with Gasteiger partial charge in [0, 0.05) is 6.42 Å². The van der Waals surface area contributed by atoms with Gasteiger partial charge in [-0.25, -0.2) is 0 Å². The molecule has 0 aromatic heterocycles. The first-order valence-electron chi connectivity index (χ1n) is 11.8. The Hall–Kier alpha value is 0.150. The molecule has 1 saturated carbocycles. The lowest BCUT2D eigenvalue weighted by atomic mass is 9.90. The van der Waals surface area contributed by atoms with Crippen molar-refractivity contribution < 1.29 is 4.79 Å².